The van der Waals surface area contributed by atoms with Gasteiger partial charge in [-0.2, -0.15) is 25.3 Å². The number of nitrogens with zero attached hydrogens (tertiary/aromatic N) is 1. The van der Waals surface area contributed by atoms with E-state index in [2.05, 4.69) is 72.8 Å². The molecule has 0 radical (unpaired) electrons. The first-order valence-electron chi connectivity index (χ1n) is 20.6. The molecule has 0 heterocycles. The van der Waals surface area contributed by atoms with Gasteiger partial charge in [-0.3, -0.25) is 43.3 Å². The van der Waals surface area contributed by atoms with Crippen LogP contribution in [0.1, 0.15) is 66.7 Å². The molecule has 0 saturated carbocycles. The van der Waals surface area contributed by atoms with Gasteiger partial charge >= 0.3 is 5.97 Å². The number of aliphatic carboxylic acids is 1. The number of thiol groups is 2. The highest BCUT2D eigenvalue weighted by Gasteiger charge is 2.35. The van der Waals surface area contributed by atoms with Crippen molar-refractivity contribution in [1.29, 1.82) is 0 Å². The van der Waals surface area contributed by atoms with Crippen molar-refractivity contribution in [2.24, 2.45) is 39.8 Å². The SMILES string of the molecule is CC(C)[C@H](NC(=O)CNC(=O)[C@H](CS)NC(=O)[C@H](CO)NC(=O)[C@@H](NC(=O)[C@H](CCCN=C(N)N)NC(=O)[C@@H](NC(=O)[C@H](CCCCN)NC(=O)[C@@H](N)CS)[C@@H](C)O)C(C)C)C(=O)O. The summed E-state index contributed by atoms with van der Waals surface area (Å²) in [4.78, 5) is 121. The highest BCUT2D eigenvalue weighted by atomic mass is 32.1. The fourth-order valence-electron chi connectivity index (χ4n) is 5.56. The molecule has 0 saturated heterocycles. The molecule has 25 nitrogen and oxygen atoms in total. The lowest BCUT2D eigenvalue weighted by Gasteiger charge is -2.29. The van der Waals surface area contributed by atoms with Crippen LogP contribution in [0.5, 0.6) is 0 Å². The molecular weight excluding hydrogens is 883 g/mol. The summed E-state index contributed by atoms with van der Waals surface area (Å²) in [5, 5.41) is 49.0. The Morgan fingerprint density at radius 1 is 0.594 bits per heavy atom. The summed E-state index contributed by atoms with van der Waals surface area (Å²) in [5.41, 5.74) is 22.2. The van der Waals surface area contributed by atoms with E-state index in [-0.39, 0.29) is 43.3 Å². The summed E-state index contributed by atoms with van der Waals surface area (Å²) in [6.07, 6.45) is -0.519. The van der Waals surface area contributed by atoms with Gasteiger partial charge in [0.15, 0.2) is 5.96 Å². The molecule has 64 heavy (non-hydrogen) atoms. The van der Waals surface area contributed by atoms with Gasteiger partial charge in [0.2, 0.25) is 47.3 Å². The van der Waals surface area contributed by atoms with Crippen LogP contribution in [-0.2, 0) is 43.2 Å². The van der Waals surface area contributed by atoms with E-state index >= 15 is 0 Å². The summed E-state index contributed by atoms with van der Waals surface area (Å²) in [6.45, 7) is 6.16. The van der Waals surface area contributed by atoms with Gasteiger partial charge in [-0.25, -0.2) is 4.79 Å². The van der Waals surface area contributed by atoms with E-state index in [0.717, 1.165) is 0 Å². The van der Waals surface area contributed by atoms with Gasteiger partial charge in [0.05, 0.1) is 25.3 Å². The maximum Gasteiger partial charge on any atom is 0.326 e. The molecule has 8 amide bonds. The molecule has 0 fully saturated rings. The van der Waals surface area contributed by atoms with E-state index in [9.17, 15) is 58.5 Å². The summed E-state index contributed by atoms with van der Waals surface area (Å²) in [5.74, 6) is -10.1. The summed E-state index contributed by atoms with van der Waals surface area (Å²) in [6, 6.07) is -11.0. The summed E-state index contributed by atoms with van der Waals surface area (Å²) < 4.78 is 0. The van der Waals surface area contributed by atoms with Crippen LogP contribution in [0, 0.1) is 11.8 Å². The first kappa shape index (κ1) is 59.0. The van der Waals surface area contributed by atoms with Gasteiger partial charge < -0.3 is 80.8 Å². The largest absolute Gasteiger partial charge is 0.480 e. The topological polar surface area (TPSA) is 427 Å². The monoisotopic (exact) mass is 951 g/mol. The van der Waals surface area contributed by atoms with E-state index in [1.54, 1.807) is 27.7 Å². The van der Waals surface area contributed by atoms with Crippen molar-refractivity contribution in [2.75, 3.05) is 37.7 Å². The number of carboxylic acids is 1. The molecule has 0 aromatic rings. The molecule has 9 atom stereocenters. The zero-order chi connectivity index (χ0) is 49.3. The number of hydrogen-bond acceptors (Lipinski definition) is 16. The average molecular weight is 952 g/mol. The van der Waals surface area contributed by atoms with Crippen molar-refractivity contribution in [3.05, 3.63) is 0 Å². The summed E-state index contributed by atoms with van der Waals surface area (Å²) >= 11 is 8.06. The zero-order valence-corrected chi connectivity index (χ0v) is 38.6. The Balaban J connectivity index is 6.15. The molecule has 366 valence electrons. The highest BCUT2D eigenvalue weighted by molar-refractivity contribution is 7.80. The van der Waals surface area contributed by atoms with Gasteiger partial charge in [-0.15, -0.1) is 0 Å². The van der Waals surface area contributed by atoms with Crippen LogP contribution >= 0.6 is 25.3 Å². The number of nitrogens with one attached hydrogen (secondary N) is 8. The molecule has 0 bridgehead atoms. The normalized spacial score (nSPS) is 15.3. The van der Waals surface area contributed by atoms with Crippen molar-refractivity contribution in [3.8, 4) is 0 Å². The third-order valence-electron chi connectivity index (χ3n) is 9.30. The minimum Gasteiger partial charge on any atom is -0.480 e. The quantitative estimate of drug-likeness (QED) is 0.0133. The Bertz CT molecular complexity index is 1600. The number of carbonyl (C=O) groups excluding carboxylic acids is 8. The number of hydrogen-bond donors (Lipinski definition) is 17. The molecule has 0 aromatic heterocycles. The van der Waals surface area contributed by atoms with Gasteiger partial charge in [0.1, 0.15) is 42.3 Å². The minimum atomic E-state index is -1.67. The Morgan fingerprint density at radius 3 is 1.55 bits per heavy atom. The number of nitrogens with two attached hydrogens (primary N) is 4. The lowest BCUT2D eigenvalue weighted by atomic mass is 10.0. The second kappa shape index (κ2) is 31.0. The number of carbonyl (C=O) groups is 9. The van der Waals surface area contributed by atoms with Crippen molar-refractivity contribution in [3.63, 3.8) is 0 Å². The van der Waals surface area contributed by atoms with E-state index < -0.39 is 133 Å². The molecule has 0 aliphatic heterocycles. The Morgan fingerprint density at radius 2 is 1.08 bits per heavy atom. The smallest absolute Gasteiger partial charge is 0.326 e. The lowest BCUT2D eigenvalue weighted by molar-refractivity contribution is -0.143. The Hall–Kier alpha value is -4.96. The van der Waals surface area contributed by atoms with Gasteiger partial charge in [-0.1, -0.05) is 27.7 Å². The molecule has 0 spiro atoms. The van der Waals surface area contributed by atoms with Crippen LogP contribution in [-0.4, -0.2) is 167 Å². The third kappa shape index (κ3) is 22.1. The van der Waals surface area contributed by atoms with Gasteiger partial charge in [-0.05, 0) is 57.4 Å². The van der Waals surface area contributed by atoms with Crippen LogP contribution in [0.4, 0.5) is 0 Å². The number of rotatable bonds is 31. The number of carboxylic acid groups (broad SMARTS) is 1. The van der Waals surface area contributed by atoms with Crippen LogP contribution in [0.3, 0.4) is 0 Å². The van der Waals surface area contributed by atoms with Crippen LogP contribution in [0.15, 0.2) is 4.99 Å². The van der Waals surface area contributed by atoms with Crippen LogP contribution < -0.4 is 65.5 Å². The molecular formula is C37H69N13O12S2. The number of guanidine groups is 1. The van der Waals surface area contributed by atoms with Crippen molar-refractivity contribution in [1.82, 2.24) is 42.5 Å². The van der Waals surface area contributed by atoms with E-state index in [1.807, 2.05) is 0 Å². The van der Waals surface area contributed by atoms with Crippen molar-refractivity contribution < 1.29 is 58.5 Å². The predicted octanol–water partition coefficient (Wildman–Crippen LogP) is -6.36. The van der Waals surface area contributed by atoms with Gasteiger partial charge in [0.25, 0.3) is 0 Å². The zero-order valence-electron chi connectivity index (χ0n) is 36.8. The first-order chi connectivity index (χ1) is 29.9. The van der Waals surface area contributed by atoms with Gasteiger partial charge in [0, 0.05) is 18.1 Å². The number of unbranched alkanes of at least 4 members (excludes halogenated alkanes) is 1. The molecule has 0 aromatic carbocycles. The molecule has 0 aliphatic rings. The fourth-order valence-corrected chi connectivity index (χ4v) is 5.98. The Labute approximate surface area is 383 Å². The molecule has 19 N–H and O–H groups in total. The van der Waals surface area contributed by atoms with Crippen molar-refractivity contribution >= 4 is 84.4 Å². The Kier molecular flexibility index (Phi) is 28.6. The second-order valence-electron chi connectivity index (χ2n) is 15.4. The van der Waals surface area contributed by atoms with Crippen LogP contribution in [0.25, 0.3) is 0 Å². The second-order valence-corrected chi connectivity index (χ2v) is 16.2. The average Bonchev–Trinajstić information content (AvgIpc) is 3.22. The molecule has 0 unspecified atom stereocenters. The third-order valence-corrected chi connectivity index (χ3v) is 10.1. The molecule has 0 rings (SSSR count). The fraction of sp³-hybridized carbons (Fsp3) is 0.730. The van der Waals surface area contributed by atoms with E-state index in [0.29, 0.717) is 19.4 Å². The number of aliphatic imine (C=N–C) groups is 1. The summed E-state index contributed by atoms with van der Waals surface area (Å²) in [7, 11) is 0. The molecule has 0 aliphatic carbocycles. The standard InChI is InChI=1S/C37H69N13O12S2/c1-17(2)26(34(59)46-23(14-51)33(58)47-24(16-64)30(55)43-13-25(53)48-27(18(3)4)36(61)62)49-31(56)22(10-8-12-42-37(40)41)45-35(60)28(19(5)52)50-32(57)21(9-6-7-11-38)44-29(54)20(39)15-63/h17-24,26-28,51-52,63-64H,6-16,38-39H2,1-5H3,(H,43,55)(H,44,54)(H,45,60)(H,46,59)(H,47,58)(H,48,53)(H,49,56)(H,50,57)(H,61,62)(H4,40,41,42)/t19-,20+,21+,22+,23+,24+,26+,27+,28+/m1/s1. The number of aliphatic hydroxyl groups is 2. The van der Waals surface area contributed by atoms with Crippen molar-refractivity contribution in [2.45, 2.75) is 121 Å². The predicted molar refractivity (Wildman–Crippen MR) is 241 cm³/mol. The van der Waals surface area contributed by atoms with E-state index in [1.165, 1.54) is 6.92 Å². The number of aliphatic hydroxyl groups excluding tert-OH is 2. The molecule has 27 heteroatoms. The lowest BCUT2D eigenvalue weighted by Crippen LogP contribution is -2.62. The maximum atomic E-state index is 13.8. The first-order valence-corrected chi connectivity index (χ1v) is 21.9. The van der Waals surface area contributed by atoms with Crippen LogP contribution in [0.2, 0.25) is 0 Å². The minimum absolute atomic E-state index is 0.0142. The maximum absolute atomic E-state index is 13.8. The highest BCUT2D eigenvalue weighted by Crippen LogP contribution is 2.09. The number of amides is 8. The van der Waals surface area contributed by atoms with E-state index in [4.69, 9.17) is 22.9 Å².